The number of nitrogens with zero attached hydrogens (tertiary/aromatic N) is 3. The number of rotatable bonds is 4. The first-order valence-corrected chi connectivity index (χ1v) is 11.6. The van der Waals surface area contributed by atoms with Crippen LogP contribution >= 0.6 is 0 Å². The highest BCUT2D eigenvalue weighted by Gasteiger charge is 2.47. The quantitative estimate of drug-likeness (QED) is 0.392. The van der Waals surface area contributed by atoms with Gasteiger partial charge >= 0.3 is 6.18 Å². The molecule has 1 amide bonds. The van der Waals surface area contributed by atoms with Gasteiger partial charge in [-0.1, -0.05) is 12.1 Å². The zero-order valence-electron chi connectivity index (χ0n) is 19.8. The van der Waals surface area contributed by atoms with Crippen LogP contribution in [-0.4, -0.2) is 52.5 Å². The fourth-order valence-corrected chi connectivity index (χ4v) is 5.04. The second kappa shape index (κ2) is 9.06. The molecule has 0 unspecified atom stereocenters. The molecule has 3 aromatic rings. The van der Waals surface area contributed by atoms with Gasteiger partial charge in [0.25, 0.3) is 5.91 Å². The Kier molecular flexibility index (Phi) is 6.01. The molecule has 2 N–H and O–H groups in total. The van der Waals surface area contributed by atoms with Crippen LogP contribution in [-0.2, 0) is 6.18 Å². The maximum atomic E-state index is 14.1. The normalized spacial score (nSPS) is 16.8. The molecule has 3 heterocycles. The maximum Gasteiger partial charge on any atom is 0.434 e. The number of carbonyl (C=O) groups is 1. The van der Waals surface area contributed by atoms with Gasteiger partial charge in [0.2, 0.25) is 0 Å². The van der Waals surface area contributed by atoms with Gasteiger partial charge in [-0.25, -0.2) is 9.07 Å². The number of carbonyl (C=O) groups excluding carboxylic acids is 1. The summed E-state index contributed by atoms with van der Waals surface area (Å²) in [5.41, 5.74) is -0.518. The Bertz CT molecular complexity index is 1390. The van der Waals surface area contributed by atoms with E-state index in [0.29, 0.717) is 16.0 Å². The molecule has 1 saturated heterocycles. The van der Waals surface area contributed by atoms with Crippen molar-refractivity contribution in [3.8, 4) is 11.4 Å². The van der Waals surface area contributed by atoms with Gasteiger partial charge in [0.05, 0.1) is 23.1 Å². The van der Waals surface area contributed by atoms with Crippen LogP contribution in [0.1, 0.15) is 34.5 Å². The first kappa shape index (κ1) is 24.5. The van der Waals surface area contributed by atoms with Crippen molar-refractivity contribution in [3.63, 3.8) is 0 Å². The van der Waals surface area contributed by atoms with E-state index in [1.165, 1.54) is 23.2 Å². The number of halogens is 4. The van der Waals surface area contributed by atoms with E-state index >= 15 is 0 Å². The van der Waals surface area contributed by atoms with Gasteiger partial charge in [-0.05, 0) is 36.4 Å². The number of aromatic nitrogens is 2. The second-order valence-electron chi connectivity index (χ2n) is 8.86. The summed E-state index contributed by atoms with van der Waals surface area (Å²) in [6.07, 6.45) is -2.17. The third-order valence-electron chi connectivity index (χ3n) is 6.81. The zero-order chi connectivity index (χ0) is 26.4. The molecule has 0 saturated carbocycles. The van der Waals surface area contributed by atoms with Crippen molar-refractivity contribution in [2.75, 3.05) is 20.1 Å². The Balaban J connectivity index is 1.44. The average molecular weight is 513 g/mol. The number of fused-ring (bicyclic) bond motifs is 1. The van der Waals surface area contributed by atoms with E-state index < -0.39 is 34.8 Å². The summed E-state index contributed by atoms with van der Waals surface area (Å²) in [7, 11) is 1.75. The highest BCUT2D eigenvalue weighted by molar-refractivity contribution is 5.96. The molecule has 0 atom stereocenters. The van der Waals surface area contributed by atoms with Crippen LogP contribution in [0.5, 0.6) is 5.75 Å². The van der Waals surface area contributed by atoms with Crippen LogP contribution in [0.4, 0.5) is 17.6 Å². The predicted octanol–water partition coefficient (Wildman–Crippen LogP) is 4.68. The molecule has 192 valence electrons. The van der Waals surface area contributed by atoms with Crippen molar-refractivity contribution >= 4 is 17.8 Å². The summed E-state index contributed by atoms with van der Waals surface area (Å²) in [6.45, 7) is 0.239. The SMILES string of the molecule is CNC1=C(C=N)C2(CCN(C(=O)c3cnn(-c4ccc(F)cc4)c3C(F)(F)F)CC2)Oc2ccccc21. The number of ether oxygens (including phenoxy) is 1. The lowest BCUT2D eigenvalue weighted by atomic mass is 9.80. The van der Waals surface area contributed by atoms with Crippen LogP contribution < -0.4 is 10.1 Å². The van der Waals surface area contributed by atoms with Crippen LogP contribution in [0, 0.1) is 11.2 Å². The number of benzene rings is 2. The van der Waals surface area contributed by atoms with E-state index in [4.69, 9.17) is 10.1 Å². The van der Waals surface area contributed by atoms with E-state index in [2.05, 4.69) is 10.4 Å². The van der Waals surface area contributed by atoms with E-state index in [0.717, 1.165) is 29.6 Å². The number of alkyl halides is 3. The minimum atomic E-state index is -4.87. The summed E-state index contributed by atoms with van der Waals surface area (Å²) in [6, 6.07) is 11.8. The van der Waals surface area contributed by atoms with Gasteiger partial charge < -0.3 is 20.4 Å². The summed E-state index contributed by atoms with van der Waals surface area (Å²) in [4.78, 5) is 14.7. The minimum absolute atomic E-state index is 0.0139. The maximum absolute atomic E-state index is 14.1. The smallest absolute Gasteiger partial charge is 0.434 e. The monoisotopic (exact) mass is 513 g/mol. The number of para-hydroxylation sites is 1. The van der Waals surface area contributed by atoms with Crippen molar-refractivity contribution < 1.29 is 27.1 Å². The molecule has 7 nitrogen and oxygen atoms in total. The topological polar surface area (TPSA) is 83.2 Å². The molecule has 2 aromatic carbocycles. The molecule has 11 heteroatoms. The van der Waals surface area contributed by atoms with E-state index in [-0.39, 0.29) is 31.6 Å². The van der Waals surface area contributed by atoms with E-state index in [1.807, 2.05) is 24.3 Å². The van der Waals surface area contributed by atoms with Crippen LogP contribution in [0.3, 0.4) is 0 Å². The summed E-state index contributed by atoms with van der Waals surface area (Å²) >= 11 is 0. The number of piperidine rings is 1. The Morgan fingerprint density at radius 2 is 1.81 bits per heavy atom. The molecular weight excluding hydrogens is 490 g/mol. The summed E-state index contributed by atoms with van der Waals surface area (Å²) in [5, 5.41) is 15.0. The number of nitrogens with one attached hydrogen (secondary N) is 2. The third kappa shape index (κ3) is 4.13. The van der Waals surface area contributed by atoms with Crippen molar-refractivity contribution in [2.24, 2.45) is 0 Å². The van der Waals surface area contributed by atoms with Gasteiger partial charge in [0.15, 0.2) is 5.69 Å². The fourth-order valence-electron chi connectivity index (χ4n) is 5.04. The molecule has 0 radical (unpaired) electrons. The zero-order valence-corrected chi connectivity index (χ0v) is 19.8. The molecule has 1 spiro atoms. The number of likely N-dealkylation sites (tertiary alicyclic amines) is 1. The second-order valence-corrected chi connectivity index (χ2v) is 8.86. The van der Waals surface area contributed by atoms with Gasteiger partial charge in [-0.15, -0.1) is 0 Å². The predicted molar refractivity (Wildman–Crippen MR) is 128 cm³/mol. The first-order chi connectivity index (χ1) is 17.7. The molecule has 1 aromatic heterocycles. The van der Waals surface area contributed by atoms with Crippen molar-refractivity contribution in [1.29, 1.82) is 5.41 Å². The average Bonchev–Trinajstić information content (AvgIpc) is 3.34. The van der Waals surface area contributed by atoms with Gasteiger partial charge in [-0.2, -0.15) is 18.3 Å². The van der Waals surface area contributed by atoms with Gasteiger partial charge in [0.1, 0.15) is 17.2 Å². The number of hydrogen-bond acceptors (Lipinski definition) is 5. The Morgan fingerprint density at radius 1 is 1.14 bits per heavy atom. The molecule has 0 bridgehead atoms. The standard InChI is InChI=1S/C26H23F4N5O2/c1-32-22-18-4-2-3-5-21(18)37-25(20(22)14-31)10-12-34(13-11-25)24(36)19-15-33-35(23(19)26(28,29)30)17-8-6-16(27)7-9-17/h2-9,14-15,31-32H,10-13H2,1H3. The molecule has 2 aliphatic heterocycles. The Morgan fingerprint density at radius 3 is 2.43 bits per heavy atom. The van der Waals surface area contributed by atoms with E-state index in [1.54, 1.807) is 7.05 Å². The molecule has 5 rings (SSSR count). The fraction of sp³-hybridized carbons (Fsp3) is 0.269. The van der Waals surface area contributed by atoms with E-state index in [9.17, 15) is 22.4 Å². The van der Waals surface area contributed by atoms with Gasteiger partial charge in [0, 0.05) is 50.3 Å². The van der Waals surface area contributed by atoms with Crippen LogP contribution in [0.15, 0.2) is 60.3 Å². The highest BCUT2D eigenvalue weighted by Crippen LogP contribution is 2.44. The summed E-state index contributed by atoms with van der Waals surface area (Å²) in [5.74, 6) is -0.770. The van der Waals surface area contributed by atoms with Crippen LogP contribution in [0.25, 0.3) is 11.4 Å². The van der Waals surface area contributed by atoms with Crippen molar-refractivity contribution in [1.82, 2.24) is 20.0 Å². The first-order valence-electron chi connectivity index (χ1n) is 11.6. The third-order valence-corrected chi connectivity index (χ3v) is 6.81. The molecule has 0 aliphatic carbocycles. The van der Waals surface area contributed by atoms with Crippen molar-refractivity contribution in [3.05, 3.63) is 82.9 Å². The highest BCUT2D eigenvalue weighted by atomic mass is 19.4. The molecule has 2 aliphatic rings. The molecule has 1 fully saturated rings. The molecule has 37 heavy (non-hydrogen) atoms. The summed E-state index contributed by atoms with van der Waals surface area (Å²) < 4.78 is 62.5. The minimum Gasteiger partial charge on any atom is -0.482 e. The number of hydrogen-bond donors (Lipinski definition) is 2. The van der Waals surface area contributed by atoms with Gasteiger partial charge in [-0.3, -0.25) is 4.79 Å². The largest absolute Gasteiger partial charge is 0.482 e. The van der Waals surface area contributed by atoms with Crippen molar-refractivity contribution in [2.45, 2.75) is 24.6 Å². The number of amides is 1. The lowest BCUT2D eigenvalue weighted by molar-refractivity contribution is -0.143. The molecular formula is C26H23F4N5O2. The lowest BCUT2D eigenvalue weighted by Crippen LogP contribution is -2.53. The lowest BCUT2D eigenvalue weighted by Gasteiger charge is -2.45. The Hall–Kier alpha value is -4.15. The Labute approximate surface area is 209 Å². The van der Waals surface area contributed by atoms with Crippen LogP contribution in [0.2, 0.25) is 0 Å².